The Morgan fingerprint density at radius 3 is 2.29 bits per heavy atom. The molecule has 1 aromatic heterocycles. The first-order valence-corrected chi connectivity index (χ1v) is 12.2. The predicted octanol–water partition coefficient (Wildman–Crippen LogP) is 4.28. The number of carbonyl (C=O) groups is 2. The molecule has 0 spiro atoms. The van der Waals surface area contributed by atoms with Gasteiger partial charge in [-0.2, -0.15) is 0 Å². The van der Waals surface area contributed by atoms with E-state index in [-0.39, 0.29) is 23.9 Å². The summed E-state index contributed by atoms with van der Waals surface area (Å²) < 4.78 is 3.37. The monoisotopic (exact) mass is 462 g/mol. The zero-order chi connectivity index (χ0) is 24.4. The zero-order valence-electron chi connectivity index (χ0n) is 20.5. The van der Waals surface area contributed by atoms with Gasteiger partial charge >= 0.3 is 5.69 Å². The summed E-state index contributed by atoms with van der Waals surface area (Å²) in [7, 11) is 0. The highest BCUT2D eigenvalue weighted by Crippen LogP contribution is 2.24. The highest BCUT2D eigenvalue weighted by atomic mass is 16.2. The molecule has 7 nitrogen and oxygen atoms in total. The minimum absolute atomic E-state index is 0.00725. The molecule has 4 rings (SSSR count). The van der Waals surface area contributed by atoms with Crippen molar-refractivity contribution in [2.45, 2.75) is 53.6 Å². The van der Waals surface area contributed by atoms with Crippen LogP contribution in [0.5, 0.6) is 0 Å². The normalized spacial score (nSPS) is 18.3. The van der Waals surface area contributed by atoms with E-state index in [1.54, 1.807) is 15.2 Å². The maximum absolute atomic E-state index is 13.1. The van der Waals surface area contributed by atoms with Gasteiger partial charge in [-0.05, 0) is 61.9 Å². The lowest BCUT2D eigenvalue weighted by atomic mass is 9.91. The highest BCUT2D eigenvalue weighted by Gasteiger charge is 2.26. The summed E-state index contributed by atoms with van der Waals surface area (Å²) in [5.74, 6) is 0.791. The molecule has 1 fully saturated rings. The first-order valence-electron chi connectivity index (χ1n) is 12.2. The van der Waals surface area contributed by atoms with Gasteiger partial charge < -0.3 is 10.2 Å². The quantitative estimate of drug-likeness (QED) is 0.594. The van der Waals surface area contributed by atoms with Gasteiger partial charge in [-0.25, -0.2) is 4.79 Å². The minimum atomic E-state index is -0.187. The molecule has 1 saturated heterocycles. The van der Waals surface area contributed by atoms with Crippen molar-refractivity contribution < 1.29 is 9.59 Å². The molecule has 2 atom stereocenters. The SMILES string of the molecule is CCn1c(=O)n(CCC(=O)Nc2cc(C(=O)N3CC(C)CC(C)C3)ccc2C)c2ccccc21. The smallest absolute Gasteiger partial charge is 0.329 e. The fourth-order valence-corrected chi connectivity index (χ4v) is 5.12. The number of likely N-dealkylation sites (tertiary alicyclic amines) is 1. The Morgan fingerprint density at radius 2 is 1.65 bits per heavy atom. The van der Waals surface area contributed by atoms with Crippen LogP contribution in [0, 0.1) is 18.8 Å². The minimum Gasteiger partial charge on any atom is -0.338 e. The lowest BCUT2D eigenvalue weighted by Crippen LogP contribution is -2.42. The van der Waals surface area contributed by atoms with E-state index in [0.29, 0.717) is 36.2 Å². The summed E-state index contributed by atoms with van der Waals surface area (Å²) in [5, 5.41) is 2.95. The third-order valence-electron chi connectivity index (χ3n) is 6.72. The summed E-state index contributed by atoms with van der Waals surface area (Å²) in [6.45, 7) is 10.6. The molecule has 2 unspecified atom stereocenters. The number of aromatic nitrogens is 2. The Balaban J connectivity index is 1.47. The van der Waals surface area contributed by atoms with Gasteiger partial charge in [0.05, 0.1) is 11.0 Å². The van der Waals surface area contributed by atoms with Crippen molar-refractivity contribution in [1.29, 1.82) is 0 Å². The number of hydrogen-bond acceptors (Lipinski definition) is 3. The molecule has 2 amide bonds. The van der Waals surface area contributed by atoms with Gasteiger partial charge in [0.1, 0.15) is 0 Å². The van der Waals surface area contributed by atoms with Gasteiger partial charge in [0, 0.05) is 43.9 Å². The van der Waals surface area contributed by atoms with Gasteiger partial charge in [0.2, 0.25) is 5.91 Å². The van der Waals surface area contributed by atoms with Crippen LogP contribution in [0.2, 0.25) is 0 Å². The van der Waals surface area contributed by atoms with Crippen LogP contribution in [0.15, 0.2) is 47.3 Å². The predicted molar refractivity (Wildman–Crippen MR) is 135 cm³/mol. The molecule has 1 N–H and O–H groups in total. The molecule has 1 aliphatic heterocycles. The van der Waals surface area contributed by atoms with Crippen molar-refractivity contribution in [2.75, 3.05) is 18.4 Å². The number of benzene rings is 2. The van der Waals surface area contributed by atoms with Crippen LogP contribution in [-0.4, -0.2) is 38.9 Å². The number of para-hydroxylation sites is 2. The van der Waals surface area contributed by atoms with E-state index in [9.17, 15) is 14.4 Å². The topological polar surface area (TPSA) is 76.3 Å². The van der Waals surface area contributed by atoms with Crippen LogP contribution in [0.25, 0.3) is 11.0 Å². The molecule has 34 heavy (non-hydrogen) atoms. The molecule has 1 aliphatic rings. The number of nitrogens with zero attached hydrogens (tertiary/aromatic N) is 3. The van der Waals surface area contributed by atoms with Crippen molar-refractivity contribution in [3.63, 3.8) is 0 Å². The van der Waals surface area contributed by atoms with E-state index in [1.165, 1.54) is 0 Å². The van der Waals surface area contributed by atoms with Gasteiger partial charge in [-0.3, -0.25) is 18.7 Å². The summed E-state index contributed by atoms with van der Waals surface area (Å²) in [5.41, 5.74) is 3.71. The zero-order valence-corrected chi connectivity index (χ0v) is 20.5. The number of piperidine rings is 1. The third-order valence-corrected chi connectivity index (χ3v) is 6.72. The second kappa shape index (κ2) is 9.87. The second-order valence-corrected chi connectivity index (χ2v) is 9.65. The molecular formula is C27H34N4O3. The van der Waals surface area contributed by atoms with E-state index in [0.717, 1.165) is 36.1 Å². The van der Waals surface area contributed by atoms with E-state index >= 15 is 0 Å². The fraction of sp³-hybridized carbons (Fsp3) is 0.444. The molecule has 2 heterocycles. The van der Waals surface area contributed by atoms with Crippen molar-refractivity contribution in [2.24, 2.45) is 11.8 Å². The maximum atomic E-state index is 13.1. The molecule has 0 radical (unpaired) electrons. The summed E-state index contributed by atoms with van der Waals surface area (Å²) in [6.07, 6.45) is 1.30. The number of aryl methyl sites for hydroxylation is 3. The number of amides is 2. The van der Waals surface area contributed by atoms with Crippen molar-refractivity contribution in [3.05, 3.63) is 64.1 Å². The number of carbonyl (C=O) groups excluding carboxylic acids is 2. The number of fused-ring (bicyclic) bond motifs is 1. The van der Waals surface area contributed by atoms with Crippen LogP contribution in [0.4, 0.5) is 5.69 Å². The van der Waals surface area contributed by atoms with Gasteiger partial charge in [0.25, 0.3) is 5.91 Å². The molecule has 3 aromatic rings. The first-order chi connectivity index (χ1) is 16.3. The van der Waals surface area contributed by atoms with Crippen LogP contribution in [0.1, 0.15) is 49.5 Å². The van der Waals surface area contributed by atoms with Crippen LogP contribution in [0.3, 0.4) is 0 Å². The van der Waals surface area contributed by atoms with E-state index < -0.39 is 0 Å². The third kappa shape index (κ3) is 4.79. The van der Waals surface area contributed by atoms with Crippen molar-refractivity contribution in [1.82, 2.24) is 14.0 Å². The number of nitrogens with one attached hydrogen (secondary N) is 1. The Kier molecular flexibility index (Phi) is 6.91. The van der Waals surface area contributed by atoms with E-state index in [4.69, 9.17) is 0 Å². The van der Waals surface area contributed by atoms with E-state index in [2.05, 4.69) is 19.2 Å². The van der Waals surface area contributed by atoms with Crippen molar-refractivity contribution in [3.8, 4) is 0 Å². The molecule has 0 saturated carbocycles. The molecular weight excluding hydrogens is 428 g/mol. The average molecular weight is 463 g/mol. The average Bonchev–Trinajstić information content (AvgIpc) is 3.08. The number of rotatable bonds is 6. The summed E-state index contributed by atoms with van der Waals surface area (Å²) in [4.78, 5) is 40.7. The number of hydrogen-bond donors (Lipinski definition) is 1. The molecule has 180 valence electrons. The largest absolute Gasteiger partial charge is 0.338 e. The summed E-state index contributed by atoms with van der Waals surface area (Å²) in [6, 6.07) is 13.1. The van der Waals surface area contributed by atoms with Crippen LogP contribution < -0.4 is 11.0 Å². The van der Waals surface area contributed by atoms with E-state index in [1.807, 2.05) is 55.1 Å². The maximum Gasteiger partial charge on any atom is 0.329 e. The van der Waals surface area contributed by atoms with Gasteiger partial charge in [0.15, 0.2) is 0 Å². The number of imidazole rings is 1. The molecule has 7 heteroatoms. The standard InChI is InChI=1S/C27H34N4O3/c1-5-30-23-8-6-7-9-24(23)31(27(30)34)13-12-25(32)28-22-15-21(11-10-20(22)4)26(33)29-16-18(2)14-19(3)17-29/h6-11,15,18-19H,5,12-14,16-17H2,1-4H3,(H,28,32). The second-order valence-electron chi connectivity index (χ2n) is 9.65. The summed E-state index contributed by atoms with van der Waals surface area (Å²) >= 11 is 0. The lowest BCUT2D eigenvalue weighted by Gasteiger charge is -2.35. The van der Waals surface area contributed by atoms with Gasteiger partial charge in [-0.1, -0.05) is 32.0 Å². The van der Waals surface area contributed by atoms with Crippen LogP contribution in [-0.2, 0) is 17.9 Å². The Hall–Kier alpha value is -3.35. The first kappa shape index (κ1) is 23.8. The Bertz CT molecular complexity index is 1260. The lowest BCUT2D eigenvalue weighted by molar-refractivity contribution is -0.116. The Morgan fingerprint density at radius 1 is 1.00 bits per heavy atom. The molecule has 0 bridgehead atoms. The van der Waals surface area contributed by atoms with Crippen molar-refractivity contribution >= 4 is 28.5 Å². The fourth-order valence-electron chi connectivity index (χ4n) is 5.12. The van der Waals surface area contributed by atoms with Gasteiger partial charge in [-0.15, -0.1) is 0 Å². The number of anilines is 1. The molecule has 2 aromatic carbocycles. The highest BCUT2D eigenvalue weighted by molar-refractivity contribution is 5.98. The van der Waals surface area contributed by atoms with Crippen LogP contribution >= 0.6 is 0 Å². The Labute approximate surface area is 200 Å². The molecule has 0 aliphatic carbocycles.